The molecule has 3 rings (SSSR count). The Morgan fingerprint density at radius 3 is 2.67 bits per heavy atom. The van der Waals surface area contributed by atoms with Crippen LogP contribution in [0.25, 0.3) is 10.8 Å². The Balaban J connectivity index is 1.98. The van der Waals surface area contributed by atoms with Crippen LogP contribution in [-0.4, -0.2) is 4.98 Å². The maximum absolute atomic E-state index is 6.22. The van der Waals surface area contributed by atoms with E-state index in [-0.39, 0.29) is 6.04 Å². The van der Waals surface area contributed by atoms with Gasteiger partial charge in [-0.05, 0) is 34.9 Å². The van der Waals surface area contributed by atoms with Crippen LogP contribution in [0.5, 0.6) is 0 Å². The van der Waals surface area contributed by atoms with Gasteiger partial charge in [0.2, 0.25) is 0 Å². The lowest BCUT2D eigenvalue weighted by molar-refractivity contribution is 0.540. The van der Waals surface area contributed by atoms with E-state index in [1.54, 1.807) is 6.20 Å². The third-order valence-corrected chi connectivity index (χ3v) is 3.94. The van der Waals surface area contributed by atoms with Crippen molar-refractivity contribution in [1.82, 2.24) is 10.4 Å². The fraction of sp³-hybridized carbons (Fsp3) is 0.118. The Morgan fingerprint density at radius 1 is 1.05 bits per heavy atom. The highest BCUT2D eigenvalue weighted by Crippen LogP contribution is 2.26. The van der Waals surface area contributed by atoms with Gasteiger partial charge in [-0.3, -0.25) is 16.3 Å². The molecule has 3 aromatic rings. The Kier molecular flexibility index (Phi) is 4.15. The van der Waals surface area contributed by atoms with E-state index in [0.29, 0.717) is 5.02 Å². The number of hydrazine groups is 1. The summed E-state index contributed by atoms with van der Waals surface area (Å²) in [6.45, 7) is 0. The van der Waals surface area contributed by atoms with E-state index < -0.39 is 0 Å². The molecule has 1 atom stereocenters. The Labute approximate surface area is 128 Å². The van der Waals surface area contributed by atoms with Gasteiger partial charge >= 0.3 is 0 Å². The Hall–Kier alpha value is -1.94. The smallest absolute Gasteiger partial charge is 0.0775 e. The normalized spacial score (nSPS) is 12.5. The first-order valence-corrected chi connectivity index (χ1v) is 7.20. The van der Waals surface area contributed by atoms with Crippen LogP contribution in [-0.2, 0) is 6.42 Å². The second-order valence-electron chi connectivity index (χ2n) is 4.93. The molecule has 0 amide bonds. The number of fused-ring (bicyclic) bond motifs is 1. The van der Waals surface area contributed by atoms with Gasteiger partial charge in [0.05, 0.1) is 16.8 Å². The number of hydrogen-bond donors (Lipinski definition) is 2. The first-order chi connectivity index (χ1) is 10.3. The fourth-order valence-corrected chi connectivity index (χ4v) is 2.83. The molecule has 0 bridgehead atoms. The monoisotopic (exact) mass is 297 g/mol. The summed E-state index contributed by atoms with van der Waals surface area (Å²) < 4.78 is 0. The van der Waals surface area contributed by atoms with Gasteiger partial charge in [-0.15, -0.1) is 0 Å². The lowest BCUT2D eigenvalue weighted by atomic mass is 9.97. The molecule has 2 aromatic carbocycles. The predicted molar refractivity (Wildman–Crippen MR) is 87.0 cm³/mol. The highest BCUT2D eigenvalue weighted by atomic mass is 35.5. The van der Waals surface area contributed by atoms with Crippen molar-refractivity contribution >= 4 is 22.4 Å². The largest absolute Gasteiger partial charge is 0.271 e. The van der Waals surface area contributed by atoms with E-state index >= 15 is 0 Å². The van der Waals surface area contributed by atoms with Crippen molar-refractivity contribution in [3.05, 3.63) is 77.1 Å². The summed E-state index contributed by atoms with van der Waals surface area (Å²) in [7, 11) is 0. The van der Waals surface area contributed by atoms with Crippen molar-refractivity contribution in [2.75, 3.05) is 0 Å². The molecule has 0 fully saturated rings. The van der Waals surface area contributed by atoms with Gasteiger partial charge in [-0.2, -0.15) is 0 Å². The zero-order valence-corrected chi connectivity index (χ0v) is 12.2. The van der Waals surface area contributed by atoms with Gasteiger partial charge < -0.3 is 0 Å². The number of nitrogens with zero attached hydrogens (tertiary/aromatic N) is 1. The standard InChI is InChI=1S/C17H16ClN3/c18-15-9-4-10-20-17(15)16(21-19)11-13-7-3-6-12-5-1-2-8-14(12)13/h1-10,16,21H,11,19H2. The van der Waals surface area contributed by atoms with E-state index in [2.05, 4.69) is 40.7 Å². The number of pyridine rings is 1. The van der Waals surface area contributed by atoms with Gasteiger partial charge in [0.25, 0.3) is 0 Å². The minimum absolute atomic E-state index is 0.121. The number of aromatic nitrogens is 1. The summed E-state index contributed by atoms with van der Waals surface area (Å²) in [4.78, 5) is 4.35. The van der Waals surface area contributed by atoms with Crippen molar-refractivity contribution in [2.45, 2.75) is 12.5 Å². The Morgan fingerprint density at radius 2 is 1.86 bits per heavy atom. The van der Waals surface area contributed by atoms with Crippen molar-refractivity contribution in [3.63, 3.8) is 0 Å². The van der Waals surface area contributed by atoms with Crippen LogP contribution in [0, 0.1) is 0 Å². The lowest BCUT2D eigenvalue weighted by Crippen LogP contribution is -2.30. The first-order valence-electron chi connectivity index (χ1n) is 6.83. The molecule has 21 heavy (non-hydrogen) atoms. The average Bonchev–Trinajstić information content (AvgIpc) is 2.53. The summed E-state index contributed by atoms with van der Waals surface area (Å²) >= 11 is 6.22. The van der Waals surface area contributed by atoms with Crippen molar-refractivity contribution < 1.29 is 0 Å². The number of benzene rings is 2. The fourth-order valence-electron chi connectivity index (χ4n) is 2.58. The molecule has 106 valence electrons. The van der Waals surface area contributed by atoms with E-state index in [1.165, 1.54) is 16.3 Å². The molecule has 1 aromatic heterocycles. The molecular formula is C17H16ClN3. The first kappa shape index (κ1) is 14.0. The SMILES string of the molecule is NNC(Cc1cccc2ccccc12)c1ncccc1Cl. The number of rotatable bonds is 4. The highest BCUT2D eigenvalue weighted by Gasteiger charge is 2.16. The third kappa shape index (κ3) is 2.90. The summed E-state index contributed by atoms with van der Waals surface area (Å²) in [5, 5.41) is 3.07. The second kappa shape index (κ2) is 6.22. The van der Waals surface area contributed by atoms with E-state index in [4.69, 9.17) is 17.4 Å². The molecule has 4 heteroatoms. The van der Waals surface area contributed by atoms with E-state index in [0.717, 1.165) is 12.1 Å². The molecule has 3 nitrogen and oxygen atoms in total. The van der Waals surface area contributed by atoms with Crippen molar-refractivity contribution in [2.24, 2.45) is 5.84 Å². The van der Waals surface area contributed by atoms with Crippen LogP contribution in [0.1, 0.15) is 17.3 Å². The number of nitrogens with one attached hydrogen (secondary N) is 1. The minimum Gasteiger partial charge on any atom is -0.271 e. The molecule has 0 radical (unpaired) electrons. The van der Waals surface area contributed by atoms with Crippen LogP contribution in [0.15, 0.2) is 60.8 Å². The predicted octanol–water partition coefficient (Wildman–Crippen LogP) is 3.64. The maximum atomic E-state index is 6.22. The third-order valence-electron chi connectivity index (χ3n) is 3.62. The minimum atomic E-state index is -0.121. The van der Waals surface area contributed by atoms with Gasteiger partial charge in [-0.25, -0.2) is 0 Å². The average molecular weight is 298 g/mol. The van der Waals surface area contributed by atoms with Gasteiger partial charge in [0.15, 0.2) is 0 Å². The van der Waals surface area contributed by atoms with Crippen LogP contribution in [0.3, 0.4) is 0 Å². The quantitative estimate of drug-likeness (QED) is 0.571. The second-order valence-corrected chi connectivity index (χ2v) is 5.34. The maximum Gasteiger partial charge on any atom is 0.0775 e. The van der Waals surface area contributed by atoms with Gasteiger partial charge in [-0.1, -0.05) is 54.1 Å². The summed E-state index contributed by atoms with van der Waals surface area (Å²) in [6.07, 6.45) is 2.46. The van der Waals surface area contributed by atoms with Crippen LogP contribution >= 0.6 is 11.6 Å². The molecule has 0 saturated heterocycles. The Bertz CT molecular complexity index is 752. The van der Waals surface area contributed by atoms with Gasteiger partial charge in [0.1, 0.15) is 0 Å². The number of halogens is 1. The van der Waals surface area contributed by atoms with Crippen LogP contribution < -0.4 is 11.3 Å². The van der Waals surface area contributed by atoms with E-state index in [9.17, 15) is 0 Å². The summed E-state index contributed by atoms with van der Waals surface area (Å²) in [5.74, 6) is 5.72. The van der Waals surface area contributed by atoms with E-state index in [1.807, 2.05) is 24.3 Å². The van der Waals surface area contributed by atoms with Crippen molar-refractivity contribution in [1.29, 1.82) is 0 Å². The lowest BCUT2D eigenvalue weighted by Gasteiger charge is -2.17. The summed E-state index contributed by atoms with van der Waals surface area (Å²) in [5.41, 5.74) is 4.82. The van der Waals surface area contributed by atoms with Crippen molar-refractivity contribution in [3.8, 4) is 0 Å². The van der Waals surface area contributed by atoms with Crippen LogP contribution in [0.2, 0.25) is 5.02 Å². The topological polar surface area (TPSA) is 50.9 Å². The molecule has 1 unspecified atom stereocenters. The number of hydrogen-bond acceptors (Lipinski definition) is 3. The molecule has 0 aliphatic carbocycles. The molecule has 3 N–H and O–H groups in total. The highest BCUT2D eigenvalue weighted by molar-refractivity contribution is 6.31. The number of nitrogens with two attached hydrogens (primary N) is 1. The molecular weight excluding hydrogens is 282 g/mol. The van der Waals surface area contributed by atoms with Crippen LogP contribution in [0.4, 0.5) is 0 Å². The molecule has 0 aliphatic heterocycles. The summed E-state index contributed by atoms with van der Waals surface area (Å²) in [6, 6.07) is 18.1. The zero-order valence-electron chi connectivity index (χ0n) is 11.5. The molecule has 1 heterocycles. The molecule has 0 saturated carbocycles. The molecule has 0 aliphatic rings. The van der Waals surface area contributed by atoms with Gasteiger partial charge in [0, 0.05) is 6.20 Å². The molecule has 0 spiro atoms. The zero-order chi connectivity index (χ0) is 14.7.